The van der Waals surface area contributed by atoms with Crippen LogP contribution >= 0.6 is 0 Å². The molecule has 1 aromatic carbocycles. The fraction of sp³-hybridized carbons (Fsp3) is 0.636. The third-order valence-electron chi connectivity index (χ3n) is 7.86. The smallest absolute Gasteiger partial charge is 0.343 e. The number of ether oxygens (including phenoxy) is 2. The molecule has 0 unspecified atom stereocenters. The fourth-order valence-electron chi connectivity index (χ4n) is 5.39. The Labute approximate surface area is 225 Å². The molecule has 0 bridgehead atoms. The highest BCUT2D eigenvalue weighted by Crippen LogP contribution is 2.34. The maximum atomic E-state index is 12.5. The SMILES string of the molecule is CCCCCCCC1CCC(CCc2ccc(OC(=O)c3ccc(OCCCCCC)cc3)cn2)CC1. The predicted octanol–water partition coefficient (Wildman–Crippen LogP) is 9.36. The summed E-state index contributed by atoms with van der Waals surface area (Å²) < 4.78 is 11.3. The van der Waals surface area contributed by atoms with Gasteiger partial charge >= 0.3 is 5.97 Å². The van der Waals surface area contributed by atoms with Gasteiger partial charge in [0, 0.05) is 5.69 Å². The molecule has 1 aromatic heterocycles. The molecule has 37 heavy (non-hydrogen) atoms. The van der Waals surface area contributed by atoms with Crippen LogP contribution in [0.1, 0.15) is 126 Å². The number of nitrogens with zero attached hydrogens (tertiary/aromatic N) is 1. The Bertz CT molecular complexity index is 869. The number of rotatable bonds is 17. The summed E-state index contributed by atoms with van der Waals surface area (Å²) >= 11 is 0. The molecule has 1 fully saturated rings. The van der Waals surface area contributed by atoms with Crippen molar-refractivity contribution in [1.29, 1.82) is 0 Å². The number of aromatic nitrogens is 1. The third kappa shape index (κ3) is 11.3. The molecule has 3 rings (SSSR count). The Morgan fingerprint density at radius 3 is 2.03 bits per heavy atom. The van der Waals surface area contributed by atoms with Crippen LogP contribution in [0.4, 0.5) is 0 Å². The van der Waals surface area contributed by atoms with E-state index in [9.17, 15) is 4.79 Å². The maximum absolute atomic E-state index is 12.5. The summed E-state index contributed by atoms with van der Waals surface area (Å²) in [6.45, 7) is 5.20. The molecular formula is C33H49NO3. The number of hydrogen-bond donors (Lipinski definition) is 0. The van der Waals surface area contributed by atoms with Crippen LogP contribution in [-0.4, -0.2) is 17.6 Å². The molecule has 1 aliphatic rings. The number of benzene rings is 1. The van der Waals surface area contributed by atoms with Gasteiger partial charge in [0.15, 0.2) is 0 Å². The quantitative estimate of drug-likeness (QED) is 0.158. The van der Waals surface area contributed by atoms with E-state index in [0.29, 0.717) is 17.9 Å². The van der Waals surface area contributed by atoms with Gasteiger partial charge in [-0.05, 0) is 67.5 Å². The molecule has 0 spiro atoms. The van der Waals surface area contributed by atoms with E-state index in [2.05, 4.69) is 18.8 Å². The molecule has 1 aliphatic carbocycles. The molecule has 0 amide bonds. The average molecular weight is 508 g/mol. The number of carbonyl (C=O) groups is 1. The van der Waals surface area contributed by atoms with Gasteiger partial charge in [0.25, 0.3) is 0 Å². The summed E-state index contributed by atoms with van der Waals surface area (Å²) in [6, 6.07) is 11.0. The molecule has 0 N–H and O–H groups in total. The normalized spacial score (nSPS) is 17.5. The number of esters is 1. The van der Waals surface area contributed by atoms with Crippen molar-refractivity contribution in [3.63, 3.8) is 0 Å². The lowest BCUT2D eigenvalue weighted by molar-refractivity contribution is 0.0734. The van der Waals surface area contributed by atoms with Gasteiger partial charge in [0.05, 0.1) is 18.4 Å². The largest absolute Gasteiger partial charge is 0.494 e. The van der Waals surface area contributed by atoms with Gasteiger partial charge < -0.3 is 9.47 Å². The zero-order valence-electron chi connectivity index (χ0n) is 23.4. The van der Waals surface area contributed by atoms with Crippen molar-refractivity contribution in [2.24, 2.45) is 11.8 Å². The molecular weight excluding hydrogens is 458 g/mol. The molecule has 0 saturated heterocycles. The lowest BCUT2D eigenvalue weighted by Crippen LogP contribution is -2.15. The standard InChI is InChI=1S/C33H49NO3/c1-3-5-7-9-10-12-27-13-15-28(16-14-27)17-20-30-21-24-32(26-34-30)37-33(35)29-18-22-31(23-19-29)36-25-11-8-6-4-2/h18-19,21-24,26-28H,3-17,20,25H2,1-2H3. The topological polar surface area (TPSA) is 48.4 Å². The van der Waals surface area contributed by atoms with Crippen molar-refractivity contribution >= 4 is 5.97 Å². The molecule has 0 radical (unpaired) electrons. The second-order valence-electron chi connectivity index (χ2n) is 10.9. The van der Waals surface area contributed by atoms with Crippen LogP contribution in [0.3, 0.4) is 0 Å². The van der Waals surface area contributed by atoms with Gasteiger partial charge in [-0.25, -0.2) is 4.79 Å². The molecule has 2 aromatic rings. The zero-order chi connectivity index (χ0) is 26.1. The van der Waals surface area contributed by atoms with E-state index in [1.54, 1.807) is 18.3 Å². The van der Waals surface area contributed by atoms with Crippen molar-refractivity contribution in [2.45, 2.75) is 117 Å². The van der Waals surface area contributed by atoms with E-state index in [1.165, 1.54) is 89.9 Å². The highest BCUT2D eigenvalue weighted by Gasteiger charge is 2.21. The van der Waals surface area contributed by atoms with Crippen molar-refractivity contribution in [3.8, 4) is 11.5 Å². The highest BCUT2D eigenvalue weighted by atomic mass is 16.5. The van der Waals surface area contributed by atoms with Crippen LogP contribution in [0.15, 0.2) is 42.6 Å². The Morgan fingerprint density at radius 1 is 0.757 bits per heavy atom. The second kappa shape index (κ2) is 17.2. The summed E-state index contributed by atoms with van der Waals surface area (Å²) in [5, 5.41) is 0. The number of carbonyl (C=O) groups excluding carboxylic acids is 1. The molecule has 204 valence electrons. The van der Waals surface area contributed by atoms with Crippen LogP contribution in [-0.2, 0) is 6.42 Å². The van der Waals surface area contributed by atoms with E-state index >= 15 is 0 Å². The van der Waals surface area contributed by atoms with Crippen molar-refractivity contribution in [3.05, 3.63) is 53.9 Å². The molecule has 4 nitrogen and oxygen atoms in total. The van der Waals surface area contributed by atoms with Gasteiger partial charge in [-0.2, -0.15) is 0 Å². The van der Waals surface area contributed by atoms with Crippen molar-refractivity contribution < 1.29 is 14.3 Å². The third-order valence-corrected chi connectivity index (χ3v) is 7.86. The fourth-order valence-corrected chi connectivity index (χ4v) is 5.39. The summed E-state index contributed by atoms with van der Waals surface area (Å²) in [6.07, 6.45) is 22.6. The van der Waals surface area contributed by atoms with E-state index in [4.69, 9.17) is 9.47 Å². The first kappa shape index (κ1) is 29.2. The molecule has 1 heterocycles. The number of hydrogen-bond acceptors (Lipinski definition) is 4. The molecule has 1 saturated carbocycles. The average Bonchev–Trinajstić information content (AvgIpc) is 2.93. The molecule has 4 heteroatoms. The van der Waals surface area contributed by atoms with Gasteiger partial charge in [0.1, 0.15) is 11.5 Å². The maximum Gasteiger partial charge on any atom is 0.343 e. The minimum atomic E-state index is -0.369. The van der Waals surface area contributed by atoms with Crippen LogP contribution in [0.5, 0.6) is 11.5 Å². The predicted molar refractivity (Wildman–Crippen MR) is 152 cm³/mol. The van der Waals surface area contributed by atoms with Gasteiger partial charge in [0.2, 0.25) is 0 Å². The van der Waals surface area contributed by atoms with Crippen LogP contribution in [0.25, 0.3) is 0 Å². The minimum absolute atomic E-state index is 0.369. The summed E-state index contributed by atoms with van der Waals surface area (Å²) in [7, 11) is 0. The lowest BCUT2D eigenvalue weighted by Gasteiger charge is -2.28. The lowest BCUT2D eigenvalue weighted by atomic mass is 9.78. The van der Waals surface area contributed by atoms with E-state index in [-0.39, 0.29) is 5.97 Å². The summed E-state index contributed by atoms with van der Waals surface area (Å²) in [5.74, 6) is 2.70. The Morgan fingerprint density at radius 2 is 1.38 bits per heavy atom. The summed E-state index contributed by atoms with van der Waals surface area (Å²) in [4.78, 5) is 17.1. The second-order valence-corrected chi connectivity index (χ2v) is 10.9. The first-order valence-corrected chi connectivity index (χ1v) is 15.1. The zero-order valence-corrected chi connectivity index (χ0v) is 23.4. The number of aryl methyl sites for hydroxylation is 1. The van der Waals surface area contributed by atoms with Gasteiger partial charge in [-0.15, -0.1) is 0 Å². The Balaban J connectivity index is 1.32. The van der Waals surface area contributed by atoms with Gasteiger partial charge in [-0.1, -0.05) is 97.3 Å². The highest BCUT2D eigenvalue weighted by molar-refractivity contribution is 5.91. The molecule has 0 atom stereocenters. The van der Waals surface area contributed by atoms with Crippen LogP contribution in [0, 0.1) is 11.8 Å². The number of unbranched alkanes of at least 4 members (excludes halogenated alkanes) is 7. The first-order valence-electron chi connectivity index (χ1n) is 15.1. The van der Waals surface area contributed by atoms with Crippen LogP contribution < -0.4 is 9.47 Å². The van der Waals surface area contributed by atoms with E-state index in [0.717, 1.165) is 36.1 Å². The van der Waals surface area contributed by atoms with Crippen molar-refractivity contribution in [1.82, 2.24) is 4.98 Å². The monoisotopic (exact) mass is 507 g/mol. The van der Waals surface area contributed by atoms with Crippen molar-refractivity contribution in [2.75, 3.05) is 6.61 Å². The van der Waals surface area contributed by atoms with Gasteiger partial charge in [-0.3, -0.25) is 4.98 Å². The Kier molecular flexibility index (Phi) is 13.6. The number of pyridine rings is 1. The van der Waals surface area contributed by atoms with E-state index in [1.807, 2.05) is 24.3 Å². The Hall–Kier alpha value is -2.36. The molecule has 0 aliphatic heterocycles. The first-order chi connectivity index (χ1) is 18.2. The van der Waals surface area contributed by atoms with E-state index < -0.39 is 0 Å². The minimum Gasteiger partial charge on any atom is -0.494 e. The summed E-state index contributed by atoms with van der Waals surface area (Å²) in [5.41, 5.74) is 1.59. The van der Waals surface area contributed by atoms with Crippen LogP contribution in [0.2, 0.25) is 0 Å².